The molecule has 15 heavy (non-hydrogen) atoms. The lowest BCUT2D eigenvalue weighted by Crippen LogP contribution is -2.26. The van der Waals surface area contributed by atoms with Gasteiger partial charge in [0.2, 0.25) is 0 Å². The summed E-state index contributed by atoms with van der Waals surface area (Å²) in [6, 6.07) is 0. The van der Waals surface area contributed by atoms with Crippen LogP contribution in [-0.2, 0) is 14.2 Å². The van der Waals surface area contributed by atoms with Gasteiger partial charge < -0.3 is 14.2 Å². The number of hydrogen-bond donors (Lipinski definition) is 0. The van der Waals surface area contributed by atoms with E-state index in [-0.39, 0.29) is 6.29 Å². The van der Waals surface area contributed by atoms with Crippen molar-refractivity contribution >= 4 is 0 Å². The summed E-state index contributed by atoms with van der Waals surface area (Å²) in [6.45, 7) is 1.75. The molecule has 86 valence electrons. The average Bonchev–Trinajstić information content (AvgIpc) is 3.06. The highest BCUT2D eigenvalue weighted by atomic mass is 16.7. The molecule has 4 atom stereocenters. The van der Waals surface area contributed by atoms with Gasteiger partial charge in [-0.25, -0.2) is 0 Å². The largest absolute Gasteiger partial charge is 0.370 e. The number of epoxide rings is 1. The third kappa shape index (κ3) is 2.52. The average molecular weight is 212 g/mol. The molecule has 0 spiro atoms. The van der Waals surface area contributed by atoms with E-state index in [2.05, 4.69) is 0 Å². The van der Waals surface area contributed by atoms with Crippen LogP contribution in [0.1, 0.15) is 38.5 Å². The van der Waals surface area contributed by atoms with E-state index in [9.17, 15) is 0 Å². The van der Waals surface area contributed by atoms with Crippen molar-refractivity contribution in [3.8, 4) is 0 Å². The summed E-state index contributed by atoms with van der Waals surface area (Å²) < 4.78 is 16.9. The molecule has 0 N–H and O–H groups in total. The molecular weight excluding hydrogens is 192 g/mol. The van der Waals surface area contributed by atoms with Crippen LogP contribution in [0.15, 0.2) is 0 Å². The molecule has 0 bridgehead atoms. The molecule has 3 aliphatic rings. The summed E-state index contributed by atoms with van der Waals surface area (Å²) in [5, 5.41) is 0. The van der Waals surface area contributed by atoms with E-state index in [0.717, 1.165) is 19.6 Å². The van der Waals surface area contributed by atoms with Crippen molar-refractivity contribution in [3.05, 3.63) is 0 Å². The lowest BCUT2D eigenvalue weighted by atomic mass is 9.90. The minimum absolute atomic E-state index is 0.0802. The highest BCUT2D eigenvalue weighted by Gasteiger charge is 2.43. The first-order valence-electron chi connectivity index (χ1n) is 6.30. The van der Waals surface area contributed by atoms with Crippen LogP contribution >= 0.6 is 0 Å². The zero-order valence-electron chi connectivity index (χ0n) is 9.19. The zero-order valence-corrected chi connectivity index (χ0v) is 9.19. The van der Waals surface area contributed by atoms with Crippen molar-refractivity contribution in [2.75, 3.05) is 13.2 Å². The Morgan fingerprint density at radius 3 is 2.87 bits per heavy atom. The molecule has 0 radical (unpaired) electrons. The van der Waals surface area contributed by atoms with Gasteiger partial charge in [0, 0.05) is 6.61 Å². The fourth-order valence-electron chi connectivity index (χ4n) is 2.72. The van der Waals surface area contributed by atoms with Crippen molar-refractivity contribution in [2.24, 2.45) is 5.92 Å². The molecule has 4 unspecified atom stereocenters. The van der Waals surface area contributed by atoms with Gasteiger partial charge in [0.05, 0.1) is 18.8 Å². The second kappa shape index (κ2) is 4.40. The van der Waals surface area contributed by atoms with Crippen molar-refractivity contribution in [1.82, 2.24) is 0 Å². The first kappa shape index (κ1) is 10.1. The zero-order chi connectivity index (χ0) is 10.1. The number of rotatable bonds is 3. The molecular formula is C12H20O3. The Kier molecular flexibility index (Phi) is 2.95. The first-order valence-corrected chi connectivity index (χ1v) is 6.30. The van der Waals surface area contributed by atoms with Gasteiger partial charge in [-0.1, -0.05) is 0 Å². The van der Waals surface area contributed by atoms with E-state index in [0.29, 0.717) is 18.1 Å². The van der Waals surface area contributed by atoms with Crippen LogP contribution < -0.4 is 0 Å². The summed E-state index contributed by atoms with van der Waals surface area (Å²) >= 11 is 0. The second-order valence-electron chi connectivity index (χ2n) is 5.02. The molecule has 0 aromatic rings. The van der Waals surface area contributed by atoms with Gasteiger partial charge in [-0.3, -0.25) is 0 Å². The predicted molar refractivity (Wildman–Crippen MR) is 55.5 cm³/mol. The molecule has 0 amide bonds. The normalized spacial score (nSPS) is 44.8. The van der Waals surface area contributed by atoms with Gasteiger partial charge in [0.15, 0.2) is 6.29 Å². The summed E-state index contributed by atoms with van der Waals surface area (Å²) in [7, 11) is 0. The summed E-state index contributed by atoms with van der Waals surface area (Å²) in [6.07, 6.45) is 8.50. The van der Waals surface area contributed by atoms with Gasteiger partial charge >= 0.3 is 0 Å². The maximum atomic E-state index is 5.81. The van der Waals surface area contributed by atoms with Crippen LogP contribution in [0.4, 0.5) is 0 Å². The standard InChI is InChI=1S/C12H20O3/c1-2-6-13-12(3-1)14-8-9-4-5-10-11(7-9)15-10/h9-12H,1-8H2. The Balaban J connectivity index is 1.37. The SMILES string of the molecule is C1CCC(OCC2CCC3OC3C2)OC1. The van der Waals surface area contributed by atoms with E-state index in [1.165, 1.54) is 32.1 Å². The van der Waals surface area contributed by atoms with Crippen LogP contribution in [-0.4, -0.2) is 31.7 Å². The summed E-state index contributed by atoms with van der Waals surface area (Å²) in [5.74, 6) is 0.708. The Hall–Kier alpha value is -0.120. The summed E-state index contributed by atoms with van der Waals surface area (Å²) in [4.78, 5) is 0. The maximum Gasteiger partial charge on any atom is 0.157 e. The molecule has 3 fully saturated rings. The monoisotopic (exact) mass is 212 g/mol. The van der Waals surface area contributed by atoms with Crippen LogP contribution in [0.5, 0.6) is 0 Å². The molecule has 3 heteroatoms. The van der Waals surface area contributed by atoms with Gasteiger partial charge in [-0.15, -0.1) is 0 Å². The van der Waals surface area contributed by atoms with E-state index in [4.69, 9.17) is 14.2 Å². The Morgan fingerprint density at radius 1 is 1.07 bits per heavy atom. The van der Waals surface area contributed by atoms with Gasteiger partial charge in [-0.05, 0) is 44.4 Å². The van der Waals surface area contributed by atoms with Crippen molar-refractivity contribution < 1.29 is 14.2 Å². The Labute approximate surface area is 91.1 Å². The molecule has 0 aromatic heterocycles. The first-order chi connectivity index (χ1) is 7.42. The maximum absolute atomic E-state index is 5.81. The van der Waals surface area contributed by atoms with Gasteiger partial charge in [0.25, 0.3) is 0 Å². The number of hydrogen-bond acceptors (Lipinski definition) is 3. The van der Waals surface area contributed by atoms with Gasteiger partial charge in [0.1, 0.15) is 0 Å². The quantitative estimate of drug-likeness (QED) is 0.671. The number of fused-ring (bicyclic) bond motifs is 1. The molecule has 1 saturated carbocycles. The van der Waals surface area contributed by atoms with Crippen molar-refractivity contribution in [3.63, 3.8) is 0 Å². The minimum atomic E-state index is 0.0802. The lowest BCUT2D eigenvalue weighted by Gasteiger charge is -2.26. The fraction of sp³-hybridized carbons (Fsp3) is 1.00. The number of ether oxygens (including phenoxy) is 3. The Morgan fingerprint density at radius 2 is 2.07 bits per heavy atom. The highest BCUT2D eigenvalue weighted by Crippen LogP contribution is 2.39. The highest BCUT2D eigenvalue weighted by molar-refractivity contribution is 4.91. The predicted octanol–water partition coefficient (Wildman–Crippen LogP) is 2.10. The molecule has 2 heterocycles. The third-order valence-electron chi connectivity index (χ3n) is 3.77. The van der Waals surface area contributed by atoms with E-state index in [1.807, 2.05) is 0 Å². The van der Waals surface area contributed by atoms with Crippen LogP contribution in [0.25, 0.3) is 0 Å². The minimum Gasteiger partial charge on any atom is -0.370 e. The van der Waals surface area contributed by atoms with Crippen molar-refractivity contribution in [1.29, 1.82) is 0 Å². The van der Waals surface area contributed by atoms with Crippen molar-refractivity contribution in [2.45, 2.75) is 57.0 Å². The van der Waals surface area contributed by atoms with Gasteiger partial charge in [-0.2, -0.15) is 0 Å². The van der Waals surface area contributed by atoms with E-state index >= 15 is 0 Å². The molecule has 3 nitrogen and oxygen atoms in total. The molecule has 1 aliphatic carbocycles. The lowest BCUT2D eigenvalue weighted by molar-refractivity contribution is -0.170. The molecule has 2 saturated heterocycles. The molecule has 0 aromatic carbocycles. The topological polar surface area (TPSA) is 31.0 Å². The summed E-state index contributed by atoms with van der Waals surface area (Å²) in [5.41, 5.74) is 0. The molecule has 2 aliphatic heterocycles. The third-order valence-corrected chi connectivity index (χ3v) is 3.77. The van der Waals surface area contributed by atoms with Crippen LogP contribution in [0.3, 0.4) is 0 Å². The van der Waals surface area contributed by atoms with E-state index in [1.54, 1.807) is 0 Å². The Bertz CT molecular complexity index is 213. The van der Waals surface area contributed by atoms with E-state index < -0.39 is 0 Å². The smallest absolute Gasteiger partial charge is 0.157 e. The second-order valence-corrected chi connectivity index (χ2v) is 5.02. The van der Waals surface area contributed by atoms with Crippen LogP contribution in [0, 0.1) is 5.92 Å². The van der Waals surface area contributed by atoms with Crippen LogP contribution in [0.2, 0.25) is 0 Å². The molecule has 3 rings (SSSR count). The fourth-order valence-corrected chi connectivity index (χ4v) is 2.72.